The molecule has 3 aromatic rings. The first kappa shape index (κ1) is 16.6. The summed E-state index contributed by atoms with van der Waals surface area (Å²) in [4.78, 5) is 18.5. The van der Waals surface area contributed by atoms with Crippen molar-refractivity contribution in [1.29, 1.82) is 0 Å². The number of rotatable bonds is 6. The topological polar surface area (TPSA) is 64.4 Å². The molecule has 130 valence electrons. The van der Waals surface area contributed by atoms with Gasteiger partial charge in [-0.25, -0.2) is 4.98 Å². The minimum atomic E-state index is -0.0348. The second kappa shape index (κ2) is 7.59. The average Bonchev–Trinajstić information content (AvgIpc) is 3.37. The molecule has 1 N–H and O–H groups in total. The zero-order valence-electron chi connectivity index (χ0n) is 13.6. The fourth-order valence-corrected chi connectivity index (χ4v) is 4.45. The Hall–Kier alpha value is -1.83. The molecule has 1 aliphatic heterocycles. The number of para-hydroxylation sites is 2. The van der Waals surface area contributed by atoms with Gasteiger partial charge < -0.3 is 14.5 Å². The van der Waals surface area contributed by atoms with E-state index in [1.54, 1.807) is 0 Å². The van der Waals surface area contributed by atoms with Crippen molar-refractivity contribution in [1.82, 2.24) is 10.3 Å². The van der Waals surface area contributed by atoms with Crippen molar-refractivity contribution in [2.45, 2.75) is 24.2 Å². The number of carbonyl (C=O) groups is 1. The van der Waals surface area contributed by atoms with Crippen LogP contribution < -0.4 is 5.32 Å². The molecule has 4 rings (SSSR count). The fraction of sp³-hybridized carbons (Fsp3) is 0.333. The third kappa shape index (κ3) is 3.89. The monoisotopic (exact) mass is 374 g/mol. The Bertz CT molecular complexity index is 835. The third-order valence-electron chi connectivity index (χ3n) is 3.99. The maximum absolute atomic E-state index is 12.2. The minimum absolute atomic E-state index is 0.0348. The summed E-state index contributed by atoms with van der Waals surface area (Å²) in [6.07, 6.45) is 2.31. The van der Waals surface area contributed by atoms with E-state index in [0.717, 1.165) is 40.3 Å². The summed E-state index contributed by atoms with van der Waals surface area (Å²) in [5, 5.41) is 3.58. The summed E-state index contributed by atoms with van der Waals surface area (Å²) in [5.74, 6) is 0.676. The third-order valence-corrected chi connectivity index (χ3v) is 5.99. The highest BCUT2D eigenvalue weighted by molar-refractivity contribution is 7.99. The maximum atomic E-state index is 12.2. The number of aromatic nitrogens is 1. The molecule has 25 heavy (non-hydrogen) atoms. The van der Waals surface area contributed by atoms with Crippen LogP contribution in [0.15, 0.2) is 46.0 Å². The van der Waals surface area contributed by atoms with Gasteiger partial charge in [-0.3, -0.25) is 4.79 Å². The Kier molecular flexibility index (Phi) is 5.05. The van der Waals surface area contributed by atoms with Gasteiger partial charge in [-0.1, -0.05) is 23.9 Å². The quantitative estimate of drug-likeness (QED) is 0.516. The molecule has 5 nitrogen and oxygen atoms in total. The van der Waals surface area contributed by atoms with Gasteiger partial charge in [0.05, 0.1) is 11.0 Å². The summed E-state index contributed by atoms with van der Waals surface area (Å²) >= 11 is 3.02. The molecule has 1 aliphatic rings. The van der Waals surface area contributed by atoms with Crippen LogP contribution >= 0.6 is 23.1 Å². The number of benzene rings is 1. The number of hydrogen-bond donors (Lipinski definition) is 1. The first-order chi connectivity index (χ1) is 12.3. The lowest BCUT2D eigenvalue weighted by Crippen LogP contribution is -2.24. The molecule has 0 aliphatic carbocycles. The van der Waals surface area contributed by atoms with Gasteiger partial charge in [0.15, 0.2) is 5.58 Å². The second-order valence-electron chi connectivity index (χ2n) is 5.76. The molecule has 1 aromatic carbocycles. The molecule has 1 amide bonds. The molecule has 1 atom stereocenters. The predicted octanol–water partition coefficient (Wildman–Crippen LogP) is 4.26. The number of thioether (sulfide) groups is 1. The van der Waals surface area contributed by atoms with Crippen LogP contribution in [0, 0.1) is 0 Å². The number of thiophene rings is 1. The van der Waals surface area contributed by atoms with Crippen molar-refractivity contribution >= 4 is 40.1 Å². The highest BCUT2D eigenvalue weighted by Gasteiger charge is 2.20. The van der Waals surface area contributed by atoms with E-state index >= 15 is 0 Å². The van der Waals surface area contributed by atoms with Crippen molar-refractivity contribution in [3.05, 3.63) is 46.2 Å². The van der Waals surface area contributed by atoms with E-state index < -0.39 is 0 Å². The molecular weight excluding hydrogens is 356 g/mol. The smallest absolute Gasteiger partial charge is 0.261 e. The standard InChI is InChI=1S/C18H18N2O3S2/c21-17(16-8-7-15(25-16)14-6-3-10-22-14)19-9-11-24-18-20-12-4-1-2-5-13(12)23-18/h1-2,4-5,7-8,14H,3,6,9-11H2,(H,19,21)/t14-/m0/s1. The van der Waals surface area contributed by atoms with Gasteiger partial charge in [-0.05, 0) is 37.1 Å². The fourth-order valence-electron chi connectivity index (χ4n) is 2.75. The molecule has 1 saturated heterocycles. The van der Waals surface area contributed by atoms with Crippen molar-refractivity contribution in [2.75, 3.05) is 18.9 Å². The molecule has 1 fully saturated rings. The molecule has 0 radical (unpaired) electrons. The summed E-state index contributed by atoms with van der Waals surface area (Å²) < 4.78 is 11.3. The van der Waals surface area contributed by atoms with Crippen LogP contribution in [-0.2, 0) is 4.74 Å². The largest absolute Gasteiger partial charge is 0.431 e. The number of nitrogens with zero attached hydrogens (tertiary/aromatic N) is 1. The van der Waals surface area contributed by atoms with E-state index in [-0.39, 0.29) is 12.0 Å². The summed E-state index contributed by atoms with van der Waals surface area (Å²) in [6, 6.07) is 11.6. The molecule has 0 unspecified atom stereocenters. The van der Waals surface area contributed by atoms with Crippen LogP contribution in [0.5, 0.6) is 0 Å². The van der Waals surface area contributed by atoms with Gasteiger partial charge >= 0.3 is 0 Å². The number of carbonyl (C=O) groups excluding carboxylic acids is 1. The van der Waals surface area contributed by atoms with Crippen LogP contribution in [0.3, 0.4) is 0 Å². The van der Waals surface area contributed by atoms with Gasteiger partial charge in [0.1, 0.15) is 5.52 Å². The van der Waals surface area contributed by atoms with E-state index in [9.17, 15) is 4.79 Å². The summed E-state index contributed by atoms with van der Waals surface area (Å²) in [6.45, 7) is 1.38. The molecule has 2 aromatic heterocycles. The number of hydrogen-bond acceptors (Lipinski definition) is 6. The van der Waals surface area contributed by atoms with Gasteiger partial charge in [0, 0.05) is 23.8 Å². The molecule has 0 saturated carbocycles. The van der Waals surface area contributed by atoms with Gasteiger partial charge in [-0.15, -0.1) is 11.3 Å². The van der Waals surface area contributed by atoms with Crippen molar-refractivity contribution in [3.63, 3.8) is 0 Å². The Balaban J connectivity index is 1.26. The zero-order valence-corrected chi connectivity index (χ0v) is 15.2. The van der Waals surface area contributed by atoms with Crippen molar-refractivity contribution in [3.8, 4) is 0 Å². The van der Waals surface area contributed by atoms with Gasteiger partial charge in [0.25, 0.3) is 11.1 Å². The SMILES string of the molecule is O=C(NCCSc1nc2ccccc2o1)c1ccc([C@@H]2CCCO2)s1. The lowest BCUT2D eigenvalue weighted by atomic mass is 10.2. The highest BCUT2D eigenvalue weighted by atomic mass is 32.2. The lowest BCUT2D eigenvalue weighted by Gasteiger charge is -2.05. The summed E-state index contributed by atoms with van der Waals surface area (Å²) in [7, 11) is 0. The first-order valence-corrected chi connectivity index (χ1v) is 10.1. The van der Waals surface area contributed by atoms with Crippen LogP contribution in [0.25, 0.3) is 11.1 Å². The number of oxazole rings is 1. The Labute approximate surface area is 153 Å². The van der Waals surface area contributed by atoms with Crippen LogP contribution in [0.4, 0.5) is 0 Å². The van der Waals surface area contributed by atoms with Crippen molar-refractivity contribution < 1.29 is 13.9 Å². The highest BCUT2D eigenvalue weighted by Crippen LogP contribution is 2.33. The minimum Gasteiger partial charge on any atom is -0.431 e. The Morgan fingerprint density at radius 2 is 2.24 bits per heavy atom. The van der Waals surface area contributed by atoms with Crippen LogP contribution in [0.1, 0.15) is 33.5 Å². The van der Waals surface area contributed by atoms with Crippen LogP contribution in [0.2, 0.25) is 0 Å². The molecular formula is C18H18N2O3S2. The van der Waals surface area contributed by atoms with E-state index in [1.165, 1.54) is 23.1 Å². The van der Waals surface area contributed by atoms with Crippen LogP contribution in [-0.4, -0.2) is 29.8 Å². The molecule has 3 heterocycles. The van der Waals surface area contributed by atoms with Gasteiger partial charge in [-0.2, -0.15) is 0 Å². The van der Waals surface area contributed by atoms with Crippen molar-refractivity contribution in [2.24, 2.45) is 0 Å². The normalized spacial score (nSPS) is 17.2. The van der Waals surface area contributed by atoms with E-state index in [1.807, 2.05) is 36.4 Å². The molecule has 0 spiro atoms. The molecule has 7 heteroatoms. The zero-order chi connectivity index (χ0) is 17.1. The number of nitrogens with one attached hydrogen (secondary N) is 1. The Morgan fingerprint density at radius 3 is 3.08 bits per heavy atom. The number of fused-ring (bicyclic) bond motifs is 1. The van der Waals surface area contributed by atoms with E-state index in [2.05, 4.69) is 10.3 Å². The summed E-state index contributed by atoms with van der Waals surface area (Å²) in [5.41, 5.74) is 1.64. The number of amides is 1. The number of ether oxygens (including phenoxy) is 1. The van der Waals surface area contributed by atoms with Gasteiger partial charge in [0.2, 0.25) is 0 Å². The first-order valence-electron chi connectivity index (χ1n) is 8.27. The maximum Gasteiger partial charge on any atom is 0.261 e. The predicted molar refractivity (Wildman–Crippen MR) is 99.3 cm³/mol. The Morgan fingerprint density at radius 1 is 1.32 bits per heavy atom. The van der Waals surface area contributed by atoms with E-state index in [0.29, 0.717) is 17.5 Å². The van der Waals surface area contributed by atoms with E-state index in [4.69, 9.17) is 9.15 Å². The second-order valence-corrected chi connectivity index (χ2v) is 7.92. The lowest BCUT2D eigenvalue weighted by molar-refractivity contribution is 0.0960. The average molecular weight is 374 g/mol. The molecule has 0 bridgehead atoms.